The zero-order valence-corrected chi connectivity index (χ0v) is 22.6. The summed E-state index contributed by atoms with van der Waals surface area (Å²) < 4.78 is 0. The van der Waals surface area contributed by atoms with E-state index >= 15 is 0 Å². The molecule has 1 saturated carbocycles. The molecule has 0 heterocycles. The predicted molar refractivity (Wildman–Crippen MR) is 152 cm³/mol. The molecule has 0 spiro atoms. The highest BCUT2D eigenvalue weighted by molar-refractivity contribution is 6.22. The number of Topliss-reactive ketones (excluding diaryl/α,β-unsaturated/α-hetero) is 2. The second kappa shape index (κ2) is 9.29. The highest BCUT2D eigenvalue weighted by Gasteiger charge is 2.60. The van der Waals surface area contributed by atoms with Gasteiger partial charge >= 0.3 is 0 Å². The lowest BCUT2D eigenvalue weighted by Crippen LogP contribution is -2.58. The number of primary amides is 1. The summed E-state index contributed by atoms with van der Waals surface area (Å²) in [6, 6.07) is 15.3. The Balaban J connectivity index is 1.54. The zero-order chi connectivity index (χ0) is 29.4. The van der Waals surface area contributed by atoms with E-state index < -0.39 is 52.0 Å². The van der Waals surface area contributed by atoms with E-state index in [-0.39, 0.29) is 36.1 Å². The number of carbonyl (C=O) groups is 3. The van der Waals surface area contributed by atoms with Gasteiger partial charge in [-0.05, 0) is 71.9 Å². The summed E-state index contributed by atoms with van der Waals surface area (Å²) in [6.45, 7) is 0.743. The average Bonchev–Trinajstić information content (AvgIpc) is 2.91. The monoisotopic (exact) mass is 554 g/mol. The molecule has 0 unspecified atom stereocenters. The van der Waals surface area contributed by atoms with Crippen LogP contribution in [-0.4, -0.2) is 62.5 Å². The number of ketones is 2. The van der Waals surface area contributed by atoms with E-state index in [1.54, 1.807) is 6.07 Å². The molecule has 1 fully saturated rings. The van der Waals surface area contributed by atoms with Crippen LogP contribution in [0.2, 0.25) is 0 Å². The maximum absolute atomic E-state index is 13.8. The van der Waals surface area contributed by atoms with Crippen LogP contribution in [-0.2, 0) is 27.3 Å². The van der Waals surface area contributed by atoms with Crippen LogP contribution >= 0.6 is 0 Å². The first kappa shape index (κ1) is 26.7. The van der Waals surface area contributed by atoms with E-state index in [9.17, 15) is 34.8 Å². The Morgan fingerprint density at radius 2 is 1.66 bits per heavy atom. The van der Waals surface area contributed by atoms with Crippen LogP contribution < -0.4 is 5.73 Å². The van der Waals surface area contributed by atoms with Crippen LogP contribution in [0.25, 0.3) is 27.7 Å². The van der Waals surface area contributed by atoms with Crippen molar-refractivity contribution in [3.63, 3.8) is 0 Å². The van der Waals surface area contributed by atoms with Crippen molar-refractivity contribution >= 4 is 34.0 Å². The van der Waals surface area contributed by atoms with Crippen molar-refractivity contribution in [3.8, 4) is 16.9 Å². The van der Waals surface area contributed by atoms with Gasteiger partial charge in [0.2, 0.25) is 5.78 Å². The number of fused-ring (bicyclic) bond motifs is 4. The molecule has 3 aliphatic carbocycles. The van der Waals surface area contributed by atoms with Crippen molar-refractivity contribution in [2.45, 2.75) is 31.4 Å². The molecule has 0 saturated heterocycles. The second-order valence-corrected chi connectivity index (χ2v) is 11.4. The Morgan fingerprint density at radius 1 is 0.976 bits per heavy atom. The Kier molecular flexibility index (Phi) is 6.06. The van der Waals surface area contributed by atoms with Crippen LogP contribution in [0.4, 0.5) is 0 Å². The molecule has 3 aromatic rings. The summed E-state index contributed by atoms with van der Waals surface area (Å²) in [4.78, 5) is 40.4. The first-order chi connectivity index (χ1) is 19.4. The van der Waals surface area contributed by atoms with Gasteiger partial charge in [0, 0.05) is 24.5 Å². The van der Waals surface area contributed by atoms with Crippen molar-refractivity contribution in [1.82, 2.24) is 4.90 Å². The van der Waals surface area contributed by atoms with Crippen molar-refractivity contribution in [3.05, 3.63) is 82.1 Å². The molecule has 0 aromatic heterocycles. The van der Waals surface area contributed by atoms with E-state index in [0.29, 0.717) is 5.56 Å². The van der Waals surface area contributed by atoms with Gasteiger partial charge in [0.15, 0.2) is 11.4 Å². The fourth-order valence-corrected chi connectivity index (χ4v) is 6.95. The number of hydrogen-bond acceptors (Lipinski definition) is 8. The van der Waals surface area contributed by atoms with Crippen LogP contribution in [0.1, 0.15) is 29.5 Å². The van der Waals surface area contributed by atoms with Crippen LogP contribution in [0.3, 0.4) is 0 Å². The first-order valence-corrected chi connectivity index (χ1v) is 13.4. The number of nitrogens with zero attached hydrogens (tertiary/aromatic N) is 1. The van der Waals surface area contributed by atoms with Crippen LogP contribution in [0.5, 0.6) is 5.75 Å². The lowest BCUT2D eigenvalue weighted by Gasteiger charge is -2.46. The molecule has 9 heteroatoms. The number of aliphatic hydroxyl groups is 3. The largest absolute Gasteiger partial charge is 0.508 e. The fourth-order valence-electron chi connectivity index (χ4n) is 6.95. The topological polar surface area (TPSA) is 161 Å². The second-order valence-electron chi connectivity index (χ2n) is 11.4. The minimum Gasteiger partial charge on any atom is -0.508 e. The third kappa shape index (κ3) is 3.80. The molecular formula is C32H30N2O7. The van der Waals surface area contributed by atoms with Crippen molar-refractivity contribution < 1.29 is 34.8 Å². The van der Waals surface area contributed by atoms with E-state index in [1.807, 2.05) is 38.4 Å². The van der Waals surface area contributed by atoms with E-state index in [0.717, 1.165) is 34.0 Å². The molecule has 1 amide bonds. The minimum atomic E-state index is -2.58. The summed E-state index contributed by atoms with van der Waals surface area (Å²) in [5, 5.41) is 46.7. The SMILES string of the molecule is CN(C)Cc1ccc(-c2ccc(O)c3c2C[C@H]2C[C@H]4CC(=O)C(C(N)=O)=C(O)[C@@]4(O)C(=O)C2=C3O)c2ccccc12. The minimum absolute atomic E-state index is 0.0797. The molecule has 210 valence electrons. The lowest BCUT2D eigenvalue weighted by molar-refractivity contribution is -0.147. The Bertz CT molecular complexity index is 1750. The molecular weight excluding hydrogens is 524 g/mol. The van der Waals surface area contributed by atoms with E-state index in [4.69, 9.17) is 5.73 Å². The molecule has 3 aliphatic rings. The number of nitrogens with two attached hydrogens (primary N) is 1. The van der Waals surface area contributed by atoms with Gasteiger partial charge in [0.1, 0.15) is 22.8 Å². The number of aliphatic hydroxyl groups excluding tert-OH is 2. The fraction of sp³-hybridized carbons (Fsp3) is 0.281. The number of rotatable bonds is 4. The Hall–Kier alpha value is -4.47. The standard InChI is InChI=1S/C32H30N2O7/c1-34(2)14-15-7-8-20(19-6-4-3-5-18(15)19)21-9-10-23(35)26-22(21)12-16-11-17-13-24(36)27(31(33)40)30(39)32(17,41)29(38)25(16)28(26)37/h3-10,16-17,35,37,39,41H,11-14H2,1-2H3,(H2,33,40)/t16-,17+,32+/m1/s1. The van der Waals surface area contributed by atoms with Crippen LogP contribution in [0, 0.1) is 11.8 Å². The van der Waals surface area contributed by atoms with Gasteiger partial charge in [-0.3, -0.25) is 14.4 Å². The van der Waals surface area contributed by atoms with Crippen molar-refractivity contribution in [2.75, 3.05) is 14.1 Å². The average molecular weight is 555 g/mol. The van der Waals surface area contributed by atoms with Crippen molar-refractivity contribution in [1.29, 1.82) is 0 Å². The third-order valence-corrected chi connectivity index (χ3v) is 8.74. The Morgan fingerprint density at radius 3 is 2.34 bits per heavy atom. The molecule has 3 atom stereocenters. The Labute approximate surface area is 235 Å². The number of carbonyl (C=O) groups excluding carboxylic acids is 3. The normalized spacial score (nSPS) is 24.0. The third-order valence-electron chi connectivity index (χ3n) is 8.74. The summed E-state index contributed by atoms with van der Waals surface area (Å²) in [5.74, 6) is -6.42. The number of phenols is 1. The maximum atomic E-state index is 13.8. The lowest BCUT2D eigenvalue weighted by atomic mass is 9.59. The van der Waals surface area contributed by atoms with Gasteiger partial charge in [-0.2, -0.15) is 0 Å². The van der Waals surface area contributed by atoms with Gasteiger partial charge in [0.25, 0.3) is 5.91 Å². The molecule has 0 radical (unpaired) electrons. The number of benzene rings is 3. The number of phenolic OH excluding ortho intramolecular Hbond substituents is 1. The summed E-state index contributed by atoms with van der Waals surface area (Å²) in [5.41, 5.74) is 5.27. The predicted octanol–water partition coefficient (Wildman–Crippen LogP) is 3.31. The van der Waals surface area contributed by atoms with E-state index in [2.05, 4.69) is 17.0 Å². The quantitative estimate of drug-likeness (QED) is 0.307. The molecule has 6 N–H and O–H groups in total. The van der Waals surface area contributed by atoms with Crippen molar-refractivity contribution in [2.24, 2.45) is 17.6 Å². The van der Waals surface area contributed by atoms with Gasteiger partial charge in [-0.25, -0.2) is 0 Å². The maximum Gasteiger partial charge on any atom is 0.255 e. The highest BCUT2D eigenvalue weighted by Crippen LogP contribution is 2.53. The van der Waals surface area contributed by atoms with Crippen LogP contribution in [0.15, 0.2) is 65.4 Å². The molecule has 9 nitrogen and oxygen atoms in total. The molecule has 0 aliphatic heterocycles. The summed E-state index contributed by atoms with van der Waals surface area (Å²) in [7, 11) is 4.00. The highest BCUT2D eigenvalue weighted by atomic mass is 16.3. The number of hydrogen-bond donors (Lipinski definition) is 5. The molecule has 41 heavy (non-hydrogen) atoms. The zero-order valence-electron chi connectivity index (χ0n) is 22.6. The van der Waals surface area contributed by atoms with Gasteiger partial charge in [-0.1, -0.05) is 42.5 Å². The smallest absolute Gasteiger partial charge is 0.255 e. The van der Waals surface area contributed by atoms with Gasteiger partial charge < -0.3 is 31.1 Å². The summed E-state index contributed by atoms with van der Waals surface area (Å²) >= 11 is 0. The van der Waals surface area contributed by atoms with Gasteiger partial charge in [-0.15, -0.1) is 0 Å². The molecule has 0 bridgehead atoms. The molecule has 6 rings (SSSR count). The van der Waals surface area contributed by atoms with Gasteiger partial charge in [0.05, 0.1) is 5.56 Å². The molecule has 3 aromatic carbocycles. The first-order valence-electron chi connectivity index (χ1n) is 13.4. The van der Waals surface area contributed by atoms with E-state index in [1.165, 1.54) is 6.07 Å². The number of amides is 1. The summed E-state index contributed by atoms with van der Waals surface area (Å²) in [6.07, 6.45) is -0.0285. The number of aromatic hydroxyl groups is 1.